The highest BCUT2D eigenvalue weighted by Gasteiger charge is 2.65. The van der Waals surface area contributed by atoms with Gasteiger partial charge in [-0.2, -0.15) is 0 Å². The second-order valence-corrected chi connectivity index (χ2v) is 14.1. The maximum Gasteiger partial charge on any atom is 0.0547 e. The third-order valence-corrected chi connectivity index (χ3v) is 12.4. The van der Waals surface area contributed by atoms with Crippen LogP contribution in [0.5, 0.6) is 0 Å². The maximum atomic E-state index is 2.55. The van der Waals surface area contributed by atoms with Crippen LogP contribution in [0.15, 0.2) is 127 Å². The van der Waals surface area contributed by atoms with Gasteiger partial charge in [0.15, 0.2) is 0 Å². The number of nitrogens with zero attached hydrogens (tertiary/aromatic N) is 1. The third-order valence-electron chi connectivity index (χ3n) is 12.4. The average molecular weight is 564 g/mol. The van der Waals surface area contributed by atoms with Crippen molar-refractivity contribution in [1.29, 1.82) is 0 Å². The summed E-state index contributed by atoms with van der Waals surface area (Å²) in [5.41, 5.74) is 12.8. The zero-order chi connectivity index (χ0) is 28.6. The van der Waals surface area contributed by atoms with Gasteiger partial charge in [-0.15, -0.1) is 0 Å². The second kappa shape index (κ2) is 8.30. The highest BCUT2D eigenvalue weighted by molar-refractivity contribution is 6.21. The summed E-state index contributed by atoms with van der Waals surface area (Å²) < 4.78 is 2.44. The first-order valence-electron chi connectivity index (χ1n) is 16.5. The maximum absolute atomic E-state index is 2.55. The standard InChI is InChI=1S/C43H33N/c1-2-9-32(10-3-1)44-40-18-16-29(25-36(40)42-33-11-5-4-8-27(33)15-19-41(42)44)28-14-17-38-35(24-28)34-12-6-7-13-37(34)43(38)31-21-26-20-30(23-31)39(43)22-26/h1-19,24-26,30-31,39H,20-23H2/t26?,30?,31?,39-,43?/m1/s1. The van der Waals surface area contributed by atoms with Crippen LogP contribution < -0.4 is 0 Å². The molecule has 1 heterocycles. The van der Waals surface area contributed by atoms with Crippen LogP contribution >= 0.6 is 0 Å². The van der Waals surface area contributed by atoms with Gasteiger partial charge in [0.25, 0.3) is 0 Å². The topological polar surface area (TPSA) is 4.93 Å². The fourth-order valence-corrected chi connectivity index (χ4v) is 11.0. The molecule has 210 valence electrons. The van der Waals surface area contributed by atoms with E-state index in [2.05, 4.69) is 132 Å². The smallest absolute Gasteiger partial charge is 0.0547 e. The number of rotatable bonds is 2. The zero-order valence-corrected chi connectivity index (χ0v) is 24.7. The molecule has 1 heteroatoms. The van der Waals surface area contributed by atoms with Gasteiger partial charge in [-0.1, -0.05) is 91.0 Å². The van der Waals surface area contributed by atoms with Gasteiger partial charge in [-0.25, -0.2) is 0 Å². The molecule has 4 unspecified atom stereocenters. The van der Waals surface area contributed by atoms with Crippen LogP contribution in [0.2, 0.25) is 0 Å². The summed E-state index contributed by atoms with van der Waals surface area (Å²) in [6, 6.07) is 48.4. The molecule has 4 saturated carbocycles. The van der Waals surface area contributed by atoms with Crippen molar-refractivity contribution in [1.82, 2.24) is 4.57 Å². The third kappa shape index (κ3) is 2.82. The molecule has 1 aromatic heterocycles. The fourth-order valence-electron chi connectivity index (χ4n) is 11.0. The average Bonchev–Trinajstić information content (AvgIpc) is 3.74. The normalized spacial score (nSPS) is 25.9. The van der Waals surface area contributed by atoms with E-state index >= 15 is 0 Å². The van der Waals surface area contributed by atoms with Crippen molar-refractivity contribution in [2.24, 2.45) is 23.7 Å². The molecule has 12 rings (SSSR count). The predicted molar refractivity (Wildman–Crippen MR) is 182 cm³/mol. The quantitative estimate of drug-likeness (QED) is 0.197. The first-order valence-corrected chi connectivity index (χ1v) is 16.5. The number of para-hydroxylation sites is 1. The molecule has 0 amide bonds. The zero-order valence-electron chi connectivity index (χ0n) is 24.7. The van der Waals surface area contributed by atoms with Crippen molar-refractivity contribution in [2.75, 3.05) is 0 Å². The van der Waals surface area contributed by atoms with Gasteiger partial charge in [0, 0.05) is 21.9 Å². The van der Waals surface area contributed by atoms with Crippen molar-refractivity contribution >= 4 is 32.6 Å². The summed E-state index contributed by atoms with van der Waals surface area (Å²) in [6.45, 7) is 0. The molecule has 5 atom stereocenters. The molecular weight excluding hydrogens is 530 g/mol. The fraction of sp³-hybridized carbons (Fsp3) is 0.209. The van der Waals surface area contributed by atoms with Crippen LogP contribution in [0.25, 0.3) is 60.5 Å². The monoisotopic (exact) mass is 563 g/mol. The van der Waals surface area contributed by atoms with Gasteiger partial charge < -0.3 is 4.57 Å². The first-order chi connectivity index (χ1) is 21.8. The van der Waals surface area contributed by atoms with E-state index in [1.807, 2.05) is 0 Å². The molecule has 0 aliphatic heterocycles. The lowest BCUT2D eigenvalue weighted by Gasteiger charge is -2.43. The second-order valence-electron chi connectivity index (χ2n) is 14.1. The minimum atomic E-state index is 0.244. The first kappa shape index (κ1) is 23.8. The lowest BCUT2D eigenvalue weighted by molar-refractivity contribution is 0.191. The summed E-state index contributed by atoms with van der Waals surface area (Å²) >= 11 is 0. The summed E-state index contributed by atoms with van der Waals surface area (Å²) in [5, 5.41) is 5.27. The van der Waals surface area contributed by atoms with E-state index in [9.17, 15) is 0 Å². The van der Waals surface area contributed by atoms with E-state index in [-0.39, 0.29) is 5.41 Å². The van der Waals surface area contributed by atoms with E-state index < -0.39 is 0 Å². The Kier molecular flexibility index (Phi) is 4.49. The molecule has 4 bridgehead atoms. The van der Waals surface area contributed by atoms with Crippen molar-refractivity contribution in [3.63, 3.8) is 0 Å². The van der Waals surface area contributed by atoms with E-state index in [1.54, 1.807) is 11.1 Å². The van der Waals surface area contributed by atoms with Crippen LogP contribution in [0.4, 0.5) is 0 Å². The number of benzene rings is 6. The molecule has 4 fully saturated rings. The Hall–Kier alpha value is -4.62. The Bertz CT molecular complexity index is 2320. The minimum Gasteiger partial charge on any atom is -0.309 e. The summed E-state index contributed by atoms with van der Waals surface area (Å²) in [5.74, 6) is 3.54. The SMILES string of the molecule is c1ccc(-n2c3ccc(-c4ccc5c(c4)-c4ccccc4C54C5CC6CC(C5)[C@H]4C6)cc3c3c4ccccc4ccc32)cc1. The van der Waals surface area contributed by atoms with Crippen molar-refractivity contribution in [2.45, 2.75) is 31.1 Å². The lowest BCUT2D eigenvalue weighted by Crippen LogP contribution is -2.40. The van der Waals surface area contributed by atoms with Crippen LogP contribution in [0.3, 0.4) is 0 Å². The van der Waals surface area contributed by atoms with E-state index in [0.717, 1.165) is 23.7 Å². The number of hydrogen-bond donors (Lipinski definition) is 0. The van der Waals surface area contributed by atoms with Crippen molar-refractivity contribution < 1.29 is 0 Å². The van der Waals surface area contributed by atoms with Crippen molar-refractivity contribution in [3.05, 3.63) is 139 Å². The van der Waals surface area contributed by atoms with Crippen LogP contribution in [-0.2, 0) is 5.41 Å². The molecule has 44 heavy (non-hydrogen) atoms. The molecule has 0 N–H and O–H groups in total. The van der Waals surface area contributed by atoms with E-state index in [4.69, 9.17) is 0 Å². The van der Waals surface area contributed by atoms with Gasteiger partial charge >= 0.3 is 0 Å². The van der Waals surface area contributed by atoms with Gasteiger partial charge in [0.05, 0.1) is 11.0 Å². The van der Waals surface area contributed by atoms with Gasteiger partial charge in [0.1, 0.15) is 0 Å². The molecule has 7 aromatic rings. The summed E-state index contributed by atoms with van der Waals surface area (Å²) in [6.07, 6.45) is 5.78. The van der Waals surface area contributed by atoms with Gasteiger partial charge in [-0.3, -0.25) is 0 Å². The Morgan fingerprint density at radius 1 is 0.545 bits per heavy atom. The Labute approximate surface area is 257 Å². The van der Waals surface area contributed by atoms with Crippen LogP contribution in [0, 0.1) is 23.7 Å². The number of fused-ring (bicyclic) bond motifs is 8. The lowest BCUT2D eigenvalue weighted by atomic mass is 9.59. The molecule has 1 spiro atoms. The van der Waals surface area contributed by atoms with Gasteiger partial charge in [0.2, 0.25) is 0 Å². The molecule has 6 aromatic carbocycles. The molecule has 0 radical (unpaired) electrons. The summed E-state index contributed by atoms with van der Waals surface area (Å²) in [4.78, 5) is 0. The number of hydrogen-bond acceptors (Lipinski definition) is 0. The highest BCUT2D eigenvalue weighted by Crippen LogP contribution is 2.72. The van der Waals surface area contributed by atoms with Crippen LogP contribution in [0.1, 0.15) is 36.8 Å². The molecule has 5 aliphatic rings. The highest BCUT2D eigenvalue weighted by atomic mass is 15.0. The van der Waals surface area contributed by atoms with Gasteiger partial charge in [-0.05, 0) is 130 Å². The van der Waals surface area contributed by atoms with E-state index in [1.165, 1.54) is 86.2 Å². The minimum absolute atomic E-state index is 0.244. The molecular formula is C43H33N. The molecule has 5 aliphatic carbocycles. The van der Waals surface area contributed by atoms with Crippen LogP contribution in [-0.4, -0.2) is 4.57 Å². The molecule has 0 saturated heterocycles. The largest absolute Gasteiger partial charge is 0.309 e. The molecule has 1 nitrogen and oxygen atoms in total. The Morgan fingerprint density at radius 3 is 2.25 bits per heavy atom. The van der Waals surface area contributed by atoms with E-state index in [0.29, 0.717) is 0 Å². The predicted octanol–water partition coefficient (Wildman–Crippen LogP) is 10.9. The van der Waals surface area contributed by atoms with Crippen molar-refractivity contribution in [3.8, 4) is 27.9 Å². The Balaban J connectivity index is 1.15. The summed E-state index contributed by atoms with van der Waals surface area (Å²) in [7, 11) is 0. The number of aromatic nitrogens is 1. The Morgan fingerprint density at radius 2 is 1.32 bits per heavy atom.